The zero-order valence-electron chi connectivity index (χ0n) is 11.0. The molecule has 0 amide bonds. The van der Waals surface area contributed by atoms with Crippen molar-refractivity contribution < 1.29 is 38.1 Å². The highest BCUT2D eigenvalue weighted by Crippen LogP contribution is 2.08. The van der Waals surface area contributed by atoms with E-state index in [9.17, 15) is 14.0 Å². The van der Waals surface area contributed by atoms with Gasteiger partial charge in [0.25, 0.3) is 0 Å². The van der Waals surface area contributed by atoms with E-state index < -0.39 is 12.6 Å². The molecule has 0 aliphatic carbocycles. The number of carboxylic acid groups (broad SMARTS) is 1. The average Bonchev–Trinajstić information content (AvgIpc) is 3.21. The lowest BCUT2D eigenvalue weighted by Crippen LogP contribution is -2.06. The highest BCUT2D eigenvalue weighted by molar-refractivity contribution is 5.81. The molecular weight excluding hydrogens is 275 g/mol. The molecule has 0 bridgehead atoms. The molecule has 1 N–H and O–H groups in total. The van der Waals surface area contributed by atoms with Gasteiger partial charge in [0.1, 0.15) is 12.7 Å². The van der Waals surface area contributed by atoms with Crippen LogP contribution in [0.25, 0.3) is 0 Å². The number of aliphatic carboxylic acids is 1. The first-order valence-electron chi connectivity index (χ1n) is 5.34. The maximum absolute atomic E-state index is 10.5. The summed E-state index contributed by atoms with van der Waals surface area (Å²) in [5, 5.41) is 7.35. The molecular formula is C12H17FO7. The number of esters is 2. The van der Waals surface area contributed by atoms with E-state index in [4.69, 9.17) is 14.6 Å². The van der Waals surface area contributed by atoms with Gasteiger partial charge in [-0.05, 0) is 0 Å². The van der Waals surface area contributed by atoms with Crippen LogP contribution in [0.15, 0.2) is 25.5 Å². The van der Waals surface area contributed by atoms with Crippen LogP contribution in [0.1, 0.15) is 6.92 Å². The number of carbonyl (C=O) groups excluding carboxylic acids is 2. The molecule has 0 aromatic carbocycles. The second-order valence-electron chi connectivity index (χ2n) is 3.09. The summed E-state index contributed by atoms with van der Waals surface area (Å²) in [7, 11) is 0. The highest BCUT2D eigenvalue weighted by atomic mass is 19.1. The summed E-state index contributed by atoms with van der Waals surface area (Å²) in [6.45, 7) is 7.52. The third-order valence-electron chi connectivity index (χ3n) is 1.34. The molecule has 1 fully saturated rings. The van der Waals surface area contributed by atoms with Gasteiger partial charge in [-0.1, -0.05) is 13.2 Å². The lowest BCUT2D eigenvalue weighted by Gasteiger charge is -1.94. The van der Waals surface area contributed by atoms with Crippen molar-refractivity contribution in [2.24, 2.45) is 0 Å². The van der Waals surface area contributed by atoms with E-state index in [0.29, 0.717) is 13.2 Å². The van der Waals surface area contributed by atoms with Crippen LogP contribution in [-0.2, 0) is 28.6 Å². The maximum Gasteiger partial charge on any atom is 0.335 e. The Balaban J connectivity index is 0. The van der Waals surface area contributed by atoms with Gasteiger partial charge in [-0.25, -0.2) is 14.0 Å². The fourth-order valence-corrected chi connectivity index (χ4v) is 0.516. The van der Waals surface area contributed by atoms with E-state index in [-0.39, 0.29) is 18.0 Å². The molecule has 1 aliphatic rings. The minimum absolute atomic E-state index is 0.147. The Morgan fingerprint density at radius 2 is 1.95 bits per heavy atom. The van der Waals surface area contributed by atoms with Gasteiger partial charge < -0.3 is 19.3 Å². The smallest absolute Gasteiger partial charge is 0.335 e. The van der Waals surface area contributed by atoms with Gasteiger partial charge in [0, 0.05) is 13.0 Å². The molecule has 1 rings (SSSR count). The van der Waals surface area contributed by atoms with Crippen molar-refractivity contribution in [2.45, 2.75) is 13.0 Å². The van der Waals surface area contributed by atoms with Gasteiger partial charge in [0.05, 0.1) is 12.9 Å². The molecule has 0 saturated carbocycles. The van der Waals surface area contributed by atoms with Crippen molar-refractivity contribution in [1.82, 2.24) is 0 Å². The van der Waals surface area contributed by atoms with Gasteiger partial charge in [-0.2, -0.15) is 0 Å². The predicted octanol–water partition coefficient (Wildman–Crippen LogP) is 0.848. The Bertz CT molecular complexity index is 337. The van der Waals surface area contributed by atoms with Crippen molar-refractivity contribution in [3.63, 3.8) is 0 Å². The minimum Gasteiger partial charge on any atom is -0.479 e. The van der Waals surface area contributed by atoms with Crippen molar-refractivity contribution in [3.8, 4) is 0 Å². The summed E-state index contributed by atoms with van der Waals surface area (Å²) < 4.78 is 24.1. The van der Waals surface area contributed by atoms with Crippen molar-refractivity contribution >= 4 is 17.9 Å². The molecule has 1 unspecified atom stereocenters. The summed E-state index contributed by atoms with van der Waals surface area (Å²) in [6, 6.07) is 0. The monoisotopic (exact) mass is 292 g/mol. The van der Waals surface area contributed by atoms with Crippen molar-refractivity contribution in [1.29, 1.82) is 0 Å². The van der Waals surface area contributed by atoms with E-state index >= 15 is 0 Å². The van der Waals surface area contributed by atoms with Gasteiger partial charge >= 0.3 is 17.9 Å². The molecule has 0 spiro atoms. The quantitative estimate of drug-likeness (QED) is 0.347. The Hall–Kier alpha value is -2.22. The molecule has 1 atom stereocenters. The summed E-state index contributed by atoms with van der Waals surface area (Å²) in [5.41, 5.74) is 0. The van der Waals surface area contributed by atoms with E-state index in [1.165, 1.54) is 6.92 Å². The van der Waals surface area contributed by atoms with Crippen LogP contribution in [0, 0.1) is 0 Å². The van der Waals surface area contributed by atoms with Gasteiger partial charge in [0.15, 0.2) is 6.67 Å². The number of carboxylic acids is 1. The molecule has 20 heavy (non-hydrogen) atoms. The van der Waals surface area contributed by atoms with Gasteiger partial charge in [-0.3, -0.25) is 4.79 Å². The van der Waals surface area contributed by atoms with E-state index in [2.05, 4.69) is 22.6 Å². The van der Waals surface area contributed by atoms with Crippen LogP contribution >= 0.6 is 0 Å². The topological polar surface area (TPSA) is 102 Å². The van der Waals surface area contributed by atoms with Crippen LogP contribution < -0.4 is 0 Å². The lowest BCUT2D eigenvalue weighted by atomic mass is 10.5. The largest absolute Gasteiger partial charge is 0.479 e. The summed E-state index contributed by atoms with van der Waals surface area (Å²) in [6.07, 6.45) is 2.39. The molecule has 8 heteroatoms. The number of alkyl halides is 1. The van der Waals surface area contributed by atoms with Gasteiger partial charge in [-0.15, -0.1) is 0 Å². The SMILES string of the molecule is C=CC(=O)OCC1CO1.C=COC(C)=O.O=C(O)CF. The number of hydrogen-bond donors (Lipinski definition) is 1. The first kappa shape index (κ1) is 20.1. The molecule has 0 radical (unpaired) electrons. The highest BCUT2D eigenvalue weighted by Gasteiger charge is 2.23. The zero-order chi connectivity index (χ0) is 16.0. The molecule has 114 valence electrons. The third-order valence-corrected chi connectivity index (χ3v) is 1.34. The average molecular weight is 292 g/mol. The fourth-order valence-electron chi connectivity index (χ4n) is 0.516. The zero-order valence-corrected chi connectivity index (χ0v) is 11.0. The summed E-state index contributed by atoms with van der Waals surface area (Å²) in [5.74, 6) is -2.12. The summed E-state index contributed by atoms with van der Waals surface area (Å²) >= 11 is 0. The maximum atomic E-state index is 10.5. The number of epoxide rings is 1. The first-order valence-corrected chi connectivity index (χ1v) is 5.34. The normalized spacial score (nSPS) is 14.2. The molecule has 7 nitrogen and oxygen atoms in total. The number of ether oxygens (including phenoxy) is 3. The Morgan fingerprint density at radius 1 is 1.45 bits per heavy atom. The van der Waals surface area contributed by atoms with Crippen molar-refractivity contribution in [2.75, 3.05) is 19.9 Å². The van der Waals surface area contributed by atoms with Crippen LogP contribution in [0.4, 0.5) is 4.39 Å². The molecule has 0 aromatic heterocycles. The lowest BCUT2D eigenvalue weighted by molar-refractivity contribution is -0.139. The Kier molecular flexibility index (Phi) is 13.3. The molecule has 1 heterocycles. The molecule has 1 aliphatic heterocycles. The number of rotatable bonds is 5. The molecule has 1 saturated heterocycles. The fraction of sp³-hybridized carbons (Fsp3) is 0.417. The Morgan fingerprint density at radius 3 is 2.15 bits per heavy atom. The van der Waals surface area contributed by atoms with E-state index in [0.717, 1.165) is 12.3 Å². The van der Waals surface area contributed by atoms with Crippen LogP contribution in [-0.4, -0.2) is 49.0 Å². The first-order chi connectivity index (χ1) is 9.37. The second kappa shape index (κ2) is 13.2. The molecule has 0 aromatic rings. The van der Waals surface area contributed by atoms with Crippen LogP contribution in [0.5, 0.6) is 0 Å². The summed E-state index contributed by atoms with van der Waals surface area (Å²) in [4.78, 5) is 29.1. The third kappa shape index (κ3) is 21.1. The van der Waals surface area contributed by atoms with Crippen LogP contribution in [0.3, 0.4) is 0 Å². The minimum atomic E-state index is -1.41. The number of halogens is 1. The predicted molar refractivity (Wildman–Crippen MR) is 66.5 cm³/mol. The number of carbonyl (C=O) groups is 3. The van der Waals surface area contributed by atoms with Crippen molar-refractivity contribution in [3.05, 3.63) is 25.5 Å². The van der Waals surface area contributed by atoms with E-state index in [1.54, 1.807) is 0 Å². The standard InChI is InChI=1S/C6H8O3.C4H6O2.C2H3FO2/c1-2-6(7)9-4-5-3-8-5;1-3-6-4(2)5;3-1-2(4)5/h2,5H,1,3-4H2;3H,1H2,2H3;1H2,(H,4,5). The van der Waals surface area contributed by atoms with Crippen LogP contribution in [0.2, 0.25) is 0 Å². The second-order valence-corrected chi connectivity index (χ2v) is 3.09. The number of hydrogen-bond acceptors (Lipinski definition) is 6. The van der Waals surface area contributed by atoms with E-state index in [1.807, 2.05) is 0 Å². The van der Waals surface area contributed by atoms with Gasteiger partial charge in [0.2, 0.25) is 0 Å². The Labute approximate surface area is 115 Å².